The summed E-state index contributed by atoms with van der Waals surface area (Å²) < 4.78 is 0.954. The van der Waals surface area contributed by atoms with Crippen molar-refractivity contribution >= 4 is 38.2 Å². The van der Waals surface area contributed by atoms with E-state index in [-0.39, 0.29) is 0 Å². The lowest BCUT2D eigenvalue weighted by molar-refractivity contribution is 0.642. The lowest BCUT2D eigenvalue weighted by atomic mass is 10.1. The van der Waals surface area contributed by atoms with Crippen LogP contribution in [0.2, 0.25) is 0 Å². The highest BCUT2D eigenvalue weighted by atomic mass is 79.9. The van der Waals surface area contributed by atoms with Crippen LogP contribution in [0.4, 0.5) is 11.4 Å². The van der Waals surface area contributed by atoms with Crippen LogP contribution in [-0.4, -0.2) is 11.0 Å². The van der Waals surface area contributed by atoms with Gasteiger partial charge in [-0.25, -0.2) is 0 Å². The first-order valence-corrected chi connectivity index (χ1v) is 7.53. The number of nitrogens with two attached hydrogens (primary N) is 1. The molecular formula is C15H18BrN3. The number of anilines is 2. The standard InChI is InChI=1S/C15H18BrN3/c1-9(6-10-2-3-10)19-14-5-4-13(17)12-7-11(16)8-18-15(12)14/h4-5,7-10,19H,2-3,6,17H2,1H3. The van der Waals surface area contributed by atoms with Gasteiger partial charge in [-0.3, -0.25) is 4.98 Å². The zero-order valence-electron chi connectivity index (χ0n) is 11.0. The number of nitrogen functional groups attached to an aromatic ring is 1. The molecule has 0 saturated heterocycles. The van der Waals surface area contributed by atoms with E-state index >= 15 is 0 Å². The number of hydrogen-bond acceptors (Lipinski definition) is 3. The number of pyridine rings is 1. The highest BCUT2D eigenvalue weighted by molar-refractivity contribution is 9.10. The monoisotopic (exact) mass is 319 g/mol. The Morgan fingerprint density at radius 2 is 2.26 bits per heavy atom. The Morgan fingerprint density at radius 1 is 1.47 bits per heavy atom. The molecule has 1 fully saturated rings. The molecule has 0 bridgehead atoms. The van der Waals surface area contributed by atoms with E-state index in [1.807, 2.05) is 24.4 Å². The van der Waals surface area contributed by atoms with Crippen molar-refractivity contribution in [3.05, 3.63) is 28.9 Å². The summed E-state index contributed by atoms with van der Waals surface area (Å²) in [5, 5.41) is 4.57. The number of benzene rings is 1. The van der Waals surface area contributed by atoms with Crippen molar-refractivity contribution in [3.63, 3.8) is 0 Å². The minimum Gasteiger partial charge on any atom is -0.398 e. The zero-order chi connectivity index (χ0) is 13.4. The van der Waals surface area contributed by atoms with Gasteiger partial charge >= 0.3 is 0 Å². The van der Waals surface area contributed by atoms with Crippen LogP contribution in [0.25, 0.3) is 10.9 Å². The lowest BCUT2D eigenvalue weighted by Gasteiger charge is -2.17. The number of halogens is 1. The second-order valence-electron chi connectivity index (χ2n) is 5.48. The summed E-state index contributed by atoms with van der Waals surface area (Å²) >= 11 is 3.44. The number of nitrogens with one attached hydrogen (secondary N) is 1. The average Bonchev–Trinajstić information content (AvgIpc) is 3.17. The van der Waals surface area contributed by atoms with E-state index < -0.39 is 0 Å². The van der Waals surface area contributed by atoms with Gasteiger partial charge in [-0.2, -0.15) is 0 Å². The Labute approximate surface area is 121 Å². The molecule has 1 aliphatic rings. The topological polar surface area (TPSA) is 50.9 Å². The maximum absolute atomic E-state index is 6.03. The van der Waals surface area contributed by atoms with Gasteiger partial charge in [0.05, 0.1) is 11.2 Å². The van der Waals surface area contributed by atoms with Crippen molar-refractivity contribution in [2.45, 2.75) is 32.2 Å². The summed E-state index contributed by atoms with van der Waals surface area (Å²) in [4.78, 5) is 4.50. The molecule has 3 nitrogen and oxygen atoms in total. The first-order valence-electron chi connectivity index (χ1n) is 6.74. The molecule has 1 atom stereocenters. The Balaban J connectivity index is 1.92. The zero-order valence-corrected chi connectivity index (χ0v) is 12.6. The van der Waals surface area contributed by atoms with Gasteiger partial charge in [0, 0.05) is 27.8 Å². The van der Waals surface area contributed by atoms with Crippen molar-refractivity contribution < 1.29 is 0 Å². The Kier molecular flexibility index (Phi) is 3.35. The smallest absolute Gasteiger partial charge is 0.0954 e. The molecule has 0 radical (unpaired) electrons. The van der Waals surface area contributed by atoms with Gasteiger partial charge in [0.25, 0.3) is 0 Å². The molecule has 100 valence electrons. The first kappa shape index (κ1) is 12.7. The molecular weight excluding hydrogens is 302 g/mol. The number of fused-ring (bicyclic) bond motifs is 1. The third-order valence-corrected chi connectivity index (χ3v) is 4.07. The number of nitrogens with zero attached hydrogens (tertiary/aromatic N) is 1. The number of hydrogen-bond donors (Lipinski definition) is 2. The minimum absolute atomic E-state index is 0.477. The predicted molar refractivity (Wildman–Crippen MR) is 84.3 cm³/mol. The summed E-state index contributed by atoms with van der Waals surface area (Å²) in [6.45, 7) is 2.24. The van der Waals surface area contributed by atoms with Gasteiger partial charge in [0.2, 0.25) is 0 Å². The molecule has 0 amide bonds. The third-order valence-electron chi connectivity index (χ3n) is 3.64. The molecule has 1 heterocycles. The highest BCUT2D eigenvalue weighted by Crippen LogP contribution is 2.35. The first-order chi connectivity index (χ1) is 9.13. The molecule has 1 unspecified atom stereocenters. The van der Waals surface area contributed by atoms with E-state index in [1.165, 1.54) is 19.3 Å². The van der Waals surface area contributed by atoms with Crippen LogP contribution in [0.15, 0.2) is 28.9 Å². The van der Waals surface area contributed by atoms with Gasteiger partial charge in [-0.15, -0.1) is 0 Å². The van der Waals surface area contributed by atoms with Crippen LogP contribution in [0.5, 0.6) is 0 Å². The van der Waals surface area contributed by atoms with Crippen LogP contribution in [0, 0.1) is 5.92 Å². The van der Waals surface area contributed by atoms with Crippen molar-refractivity contribution in [1.29, 1.82) is 0 Å². The highest BCUT2D eigenvalue weighted by Gasteiger charge is 2.23. The van der Waals surface area contributed by atoms with E-state index in [4.69, 9.17) is 5.73 Å². The van der Waals surface area contributed by atoms with Crippen LogP contribution in [0.3, 0.4) is 0 Å². The van der Waals surface area contributed by atoms with Gasteiger partial charge in [-0.1, -0.05) is 12.8 Å². The molecule has 4 heteroatoms. The molecule has 1 aliphatic carbocycles. The fourth-order valence-electron chi connectivity index (χ4n) is 2.51. The largest absolute Gasteiger partial charge is 0.398 e. The fourth-order valence-corrected chi connectivity index (χ4v) is 2.84. The molecule has 3 N–H and O–H groups in total. The van der Waals surface area contributed by atoms with E-state index in [2.05, 4.69) is 33.2 Å². The maximum atomic E-state index is 6.03. The molecule has 3 rings (SSSR count). The molecule has 1 saturated carbocycles. The van der Waals surface area contributed by atoms with Crippen molar-refractivity contribution in [2.24, 2.45) is 5.92 Å². The lowest BCUT2D eigenvalue weighted by Crippen LogP contribution is -2.16. The summed E-state index contributed by atoms with van der Waals surface area (Å²) in [7, 11) is 0. The van der Waals surface area contributed by atoms with Gasteiger partial charge in [0.1, 0.15) is 0 Å². The predicted octanol–water partition coefficient (Wildman–Crippen LogP) is 4.18. The van der Waals surface area contributed by atoms with Gasteiger partial charge < -0.3 is 11.1 Å². The maximum Gasteiger partial charge on any atom is 0.0954 e. The summed E-state index contributed by atoms with van der Waals surface area (Å²) in [5.41, 5.74) is 8.82. The molecule has 2 aromatic rings. The second-order valence-corrected chi connectivity index (χ2v) is 6.39. The van der Waals surface area contributed by atoms with Crippen molar-refractivity contribution in [2.75, 3.05) is 11.1 Å². The van der Waals surface area contributed by atoms with Crippen LogP contribution >= 0.6 is 15.9 Å². The van der Waals surface area contributed by atoms with Gasteiger partial charge in [0.15, 0.2) is 0 Å². The van der Waals surface area contributed by atoms with Crippen LogP contribution < -0.4 is 11.1 Å². The van der Waals surface area contributed by atoms with Crippen LogP contribution in [-0.2, 0) is 0 Å². The Bertz CT molecular complexity index is 608. The normalized spacial score (nSPS) is 16.5. The van der Waals surface area contributed by atoms with E-state index in [1.54, 1.807) is 0 Å². The molecule has 0 aliphatic heterocycles. The minimum atomic E-state index is 0.477. The van der Waals surface area contributed by atoms with E-state index in [9.17, 15) is 0 Å². The quantitative estimate of drug-likeness (QED) is 0.831. The molecule has 19 heavy (non-hydrogen) atoms. The fraction of sp³-hybridized carbons (Fsp3) is 0.400. The second kappa shape index (κ2) is 5.00. The Morgan fingerprint density at radius 3 is 3.00 bits per heavy atom. The van der Waals surface area contributed by atoms with E-state index in [0.717, 1.165) is 32.7 Å². The van der Waals surface area contributed by atoms with Crippen molar-refractivity contribution in [3.8, 4) is 0 Å². The molecule has 0 spiro atoms. The molecule has 1 aromatic heterocycles. The van der Waals surface area contributed by atoms with Gasteiger partial charge in [-0.05, 0) is 53.4 Å². The summed E-state index contributed by atoms with van der Waals surface area (Å²) in [5.74, 6) is 0.921. The number of aromatic nitrogens is 1. The van der Waals surface area contributed by atoms with Crippen molar-refractivity contribution in [1.82, 2.24) is 4.98 Å². The summed E-state index contributed by atoms with van der Waals surface area (Å²) in [6.07, 6.45) is 5.83. The van der Waals surface area contributed by atoms with Crippen LogP contribution in [0.1, 0.15) is 26.2 Å². The number of rotatable bonds is 4. The van der Waals surface area contributed by atoms with E-state index in [0.29, 0.717) is 6.04 Å². The summed E-state index contributed by atoms with van der Waals surface area (Å²) in [6, 6.07) is 6.48. The Hall–Kier alpha value is -1.29. The molecule has 1 aromatic carbocycles. The third kappa shape index (κ3) is 2.84. The SMILES string of the molecule is CC(CC1CC1)Nc1ccc(N)c2cc(Br)cnc12. The average molecular weight is 320 g/mol.